The zero-order chi connectivity index (χ0) is 17.4. The summed E-state index contributed by atoms with van der Waals surface area (Å²) in [5.74, 6) is -1.05. The molecule has 2 aromatic rings. The Morgan fingerprint density at radius 2 is 1.67 bits per heavy atom. The first-order valence-electron chi connectivity index (χ1n) is 6.96. The average Bonchev–Trinajstić information content (AvgIpc) is 2.76. The Morgan fingerprint density at radius 3 is 2.33 bits per heavy atom. The van der Waals surface area contributed by atoms with Gasteiger partial charge in [0, 0.05) is 14.3 Å². The molecule has 7 heteroatoms. The van der Waals surface area contributed by atoms with E-state index in [-0.39, 0.29) is 10.7 Å². The number of halogens is 3. The van der Waals surface area contributed by atoms with Crippen molar-refractivity contribution in [3.63, 3.8) is 0 Å². The fourth-order valence-corrected chi connectivity index (χ4v) is 3.04. The number of amides is 2. The van der Waals surface area contributed by atoms with Crippen molar-refractivity contribution in [2.75, 3.05) is 10.2 Å². The molecule has 0 spiro atoms. The Balaban J connectivity index is 1.94. The molecule has 0 aliphatic carbocycles. The van der Waals surface area contributed by atoms with Crippen LogP contribution < -0.4 is 10.2 Å². The molecule has 1 aliphatic heterocycles. The molecule has 0 saturated heterocycles. The predicted molar refractivity (Wildman–Crippen MR) is 104 cm³/mol. The van der Waals surface area contributed by atoms with Crippen molar-refractivity contribution >= 4 is 69.0 Å². The van der Waals surface area contributed by atoms with Gasteiger partial charge in [0.2, 0.25) is 0 Å². The van der Waals surface area contributed by atoms with E-state index in [9.17, 15) is 9.59 Å². The molecule has 4 nitrogen and oxygen atoms in total. The van der Waals surface area contributed by atoms with Crippen LogP contribution in [0.25, 0.3) is 0 Å². The molecule has 1 aliphatic rings. The van der Waals surface area contributed by atoms with Crippen LogP contribution in [-0.2, 0) is 9.59 Å². The number of hydrogen-bond donors (Lipinski definition) is 1. The highest BCUT2D eigenvalue weighted by atomic mass is 127. The zero-order valence-corrected chi connectivity index (χ0v) is 16.1. The van der Waals surface area contributed by atoms with E-state index in [1.165, 1.54) is 0 Å². The van der Waals surface area contributed by atoms with Gasteiger partial charge in [0.15, 0.2) is 0 Å². The minimum atomic E-state index is -0.551. The van der Waals surface area contributed by atoms with Crippen LogP contribution in [0.3, 0.4) is 0 Å². The lowest BCUT2D eigenvalue weighted by molar-refractivity contribution is -0.120. The van der Waals surface area contributed by atoms with Crippen molar-refractivity contribution in [1.29, 1.82) is 0 Å². The zero-order valence-electron chi connectivity index (χ0n) is 12.4. The first-order valence-corrected chi connectivity index (χ1v) is 8.79. The molecule has 1 N–H and O–H groups in total. The molecule has 0 bridgehead atoms. The number of rotatable bonds is 3. The van der Waals surface area contributed by atoms with Gasteiger partial charge in [-0.1, -0.05) is 29.3 Å². The van der Waals surface area contributed by atoms with E-state index < -0.39 is 11.8 Å². The number of aryl methyl sites for hydroxylation is 1. The van der Waals surface area contributed by atoms with E-state index in [1.807, 2.05) is 25.1 Å². The fourth-order valence-electron chi connectivity index (χ4n) is 2.30. The molecule has 1 heterocycles. The van der Waals surface area contributed by atoms with E-state index >= 15 is 0 Å². The second-order valence-corrected chi connectivity index (χ2v) is 7.26. The minimum Gasteiger partial charge on any atom is -0.349 e. The second-order valence-electron chi connectivity index (χ2n) is 5.20. The first-order chi connectivity index (χ1) is 11.4. The van der Waals surface area contributed by atoms with E-state index in [1.54, 1.807) is 24.3 Å². The number of carbonyl (C=O) groups is 2. The van der Waals surface area contributed by atoms with Crippen LogP contribution in [0.5, 0.6) is 0 Å². The summed E-state index contributed by atoms with van der Waals surface area (Å²) in [6.45, 7) is 1.87. The van der Waals surface area contributed by atoms with Crippen LogP contribution in [-0.4, -0.2) is 11.8 Å². The summed E-state index contributed by atoms with van der Waals surface area (Å²) in [6, 6.07) is 12.3. The van der Waals surface area contributed by atoms with Gasteiger partial charge in [0.05, 0.1) is 5.69 Å². The van der Waals surface area contributed by atoms with Crippen LogP contribution in [0.2, 0.25) is 5.02 Å². The number of nitrogens with one attached hydrogen (secondary N) is 1. The van der Waals surface area contributed by atoms with Gasteiger partial charge in [0.1, 0.15) is 10.7 Å². The van der Waals surface area contributed by atoms with Gasteiger partial charge in [0.25, 0.3) is 11.8 Å². The topological polar surface area (TPSA) is 49.4 Å². The number of benzene rings is 2. The highest BCUT2D eigenvalue weighted by molar-refractivity contribution is 14.1. The summed E-state index contributed by atoms with van der Waals surface area (Å²) in [7, 11) is 0. The van der Waals surface area contributed by atoms with Crippen molar-refractivity contribution < 1.29 is 9.59 Å². The molecule has 2 amide bonds. The van der Waals surface area contributed by atoms with Gasteiger partial charge < -0.3 is 5.32 Å². The quantitative estimate of drug-likeness (QED) is 0.520. The van der Waals surface area contributed by atoms with Crippen molar-refractivity contribution in [1.82, 2.24) is 0 Å². The normalized spacial score (nSPS) is 14.6. The Morgan fingerprint density at radius 1 is 1.00 bits per heavy atom. The number of nitrogens with zero attached hydrogens (tertiary/aromatic N) is 1. The molecule has 3 rings (SSSR count). The monoisotopic (exact) mass is 472 g/mol. The Bertz CT molecular complexity index is 879. The summed E-state index contributed by atoms with van der Waals surface area (Å²) in [6.07, 6.45) is 0. The summed E-state index contributed by atoms with van der Waals surface area (Å²) in [4.78, 5) is 26.1. The maximum atomic E-state index is 12.7. The van der Waals surface area contributed by atoms with Crippen molar-refractivity contribution in [3.8, 4) is 0 Å². The predicted octanol–water partition coefficient (Wildman–Crippen LogP) is 4.69. The third-order valence-corrected chi connectivity index (χ3v) is 4.88. The van der Waals surface area contributed by atoms with Gasteiger partial charge in [-0.25, -0.2) is 4.90 Å². The lowest BCUT2D eigenvalue weighted by atomic mass is 10.2. The molecule has 0 atom stereocenters. The lowest BCUT2D eigenvalue weighted by Gasteiger charge is -2.15. The smallest absolute Gasteiger partial charge is 0.283 e. The molecule has 0 fully saturated rings. The lowest BCUT2D eigenvalue weighted by Crippen LogP contribution is -2.32. The van der Waals surface area contributed by atoms with E-state index in [0.29, 0.717) is 16.4 Å². The van der Waals surface area contributed by atoms with Gasteiger partial charge in [-0.2, -0.15) is 0 Å². The minimum absolute atomic E-state index is 0.0468. The highest BCUT2D eigenvalue weighted by Gasteiger charge is 2.39. The molecule has 24 heavy (non-hydrogen) atoms. The molecule has 0 unspecified atom stereocenters. The van der Waals surface area contributed by atoms with Gasteiger partial charge in [-0.15, -0.1) is 0 Å². The number of anilines is 2. The van der Waals surface area contributed by atoms with Crippen molar-refractivity contribution in [3.05, 3.63) is 67.4 Å². The molecule has 2 aromatic carbocycles. The maximum Gasteiger partial charge on any atom is 0.283 e. The summed E-state index contributed by atoms with van der Waals surface area (Å²) >= 11 is 14.3. The largest absolute Gasteiger partial charge is 0.349 e. The van der Waals surface area contributed by atoms with E-state index in [0.717, 1.165) is 14.0 Å². The standard InChI is InChI=1S/C17H11Cl2IN2O2/c1-9-2-3-10(18)8-13(9)21-15-14(19)16(23)22(17(15)24)12-6-4-11(20)5-7-12/h2-8,21H,1H3. The van der Waals surface area contributed by atoms with Crippen LogP contribution in [0.1, 0.15) is 5.56 Å². The molecular formula is C17H11Cl2IN2O2. The van der Waals surface area contributed by atoms with Crippen LogP contribution in [0, 0.1) is 10.5 Å². The van der Waals surface area contributed by atoms with Gasteiger partial charge in [-0.3, -0.25) is 9.59 Å². The number of imide groups is 1. The first kappa shape index (κ1) is 17.3. The summed E-state index contributed by atoms with van der Waals surface area (Å²) in [5.41, 5.74) is 2.03. The van der Waals surface area contributed by atoms with Crippen LogP contribution >= 0.6 is 45.8 Å². The molecule has 0 aromatic heterocycles. The Labute approximate surface area is 162 Å². The SMILES string of the molecule is Cc1ccc(Cl)cc1NC1=C(Cl)C(=O)N(c2ccc(I)cc2)C1=O. The molecule has 0 saturated carbocycles. The van der Waals surface area contributed by atoms with Gasteiger partial charge >= 0.3 is 0 Å². The van der Waals surface area contributed by atoms with Crippen LogP contribution in [0.15, 0.2) is 53.2 Å². The van der Waals surface area contributed by atoms with E-state index in [4.69, 9.17) is 23.2 Å². The Kier molecular flexibility index (Phi) is 4.85. The maximum absolute atomic E-state index is 12.7. The molecule has 0 radical (unpaired) electrons. The summed E-state index contributed by atoms with van der Waals surface area (Å²) in [5, 5.41) is 3.32. The average molecular weight is 473 g/mol. The van der Waals surface area contributed by atoms with Crippen molar-refractivity contribution in [2.45, 2.75) is 6.92 Å². The van der Waals surface area contributed by atoms with Crippen molar-refractivity contribution in [2.24, 2.45) is 0 Å². The molecule has 122 valence electrons. The Hall–Kier alpha value is -1.57. The number of hydrogen-bond acceptors (Lipinski definition) is 3. The second kappa shape index (κ2) is 6.74. The summed E-state index contributed by atoms with van der Waals surface area (Å²) < 4.78 is 1.00. The van der Waals surface area contributed by atoms with Gasteiger partial charge in [-0.05, 0) is 71.5 Å². The van der Waals surface area contributed by atoms with Crippen LogP contribution in [0.4, 0.5) is 11.4 Å². The van der Waals surface area contributed by atoms with E-state index in [2.05, 4.69) is 27.9 Å². The third-order valence-electron chi connectivity index (χ3n) is 3.57. The highest BCUT2D eigenvalue weighted by Crippen LogP contribution is 2.31. The third kappa shape index (κ3) is 3.16. The number of carbonyl (C=O) groups excluding carboxylic acids is 2. The fraction of sp³-hybridized carbons (Fsp3) is 0.0588. The molecular weight excluding hydrogens is 462 g/mol.